The zero-order chi connectivity index (χ0) is 24.7. The fraction of sp³-hybridized carbons (Fsp3) is 0.200. The molecule has 2 heterocycles. The zero-order valence-corrected chi connectivity index (χ0v) is 20.7. The van der Waals surface area contributed by atoms with Gasteiger partial charge in [0.05, 0.1) is 22.8 Å². The van der Waals surface area contributed by atoms with E-state index in [-0.39, 0.29) is 28.7 Å². The first-order valence-electron chi connectivity index (χ1n) is 10.7. The molecule has 35 heavy (non-hydrogen) atoms. The number of urea groups is 1. The summed E-state index contributed by atoms with van der Waals surface area (Å²) < 4.78 is 24.5. The van der Waals surface area contributed by atoms with Crippen molar-refractivity contribution < 1.29 is 23.5 Å². The maximum atomic E-state index is 13.4. The first kappa shape index (κ1) is 23.8. The minimum Gasteiger partial charge on any atom is -0.496 e. The van der Waals surface area contributed by atoms with E-state index < -0.39 is 12.1 Å². The molecule has 5 rings (SSSR count). The van der Waals surface area contributed by atoms with E-state index >= 15 is 0 Å². The zero-order valence-electron chi connectivity index (χ0n) is 18.4. The number of ether oxygens (including phenoxy) is 2. The van der Waals surface area contributed by atoms with Gasteiger partial charge in [0.15, 0.2) is 0 Å². The predicted molar refractivity (Wildman–Crippen MR) is 134 cm³/mol. The van der Waals surface area contributed by atoms with Crippen molar-refractivity contribution in [3.63, 3.8) is 0 Å². The fourth-order valence-electron chi connectivity index (χ4n) is 4.16. The Kier molecular flexibility index (Phi) is 6.53. The van der Waals surface area contributed by atoms with E-state index in [0.717, 1.165) is 16.0 Å². The molecule has 180 valence electrons. The number of carbonyl (C=O) groups excluding carboxylic acids is 2. The Hall–Kier alpha value is -2.94. The van der Waals surface area contributed by atoms with E-state index in [2.05, 4.69) is 0 Å². The van der Waals surface area contributed by atoms with Crippen LogP contribution >= 0.6 is 35.0 Å². The number of rotatable bonds is 6. The van der Waals surface area contributed by atoms with Crippen molar-refractivity contribution in [2.24, 2.45) is 0 Å². The van der Waals surface area contributed by atoms with Crippen LogP contribution in [0, 0.1) is 5.82 Å². The fourth-order valence-corrected chi connectivity index (χ4v) is 5.86. The van der Waals surface area contributed by atoms with Crippen LogP contribution in [0.5, 0.6) is 11.5 Å². The number of anilines is 1. The second-order valence-electron chi connectivity index (χ2n) is 7.98. The second kappa shape index (κ2) is 9.60. The Balaban J connectivity index is 1.40. The van der Waals surface area contributed by atoms with Crippen molar-refractivity contribution in [1.82, 2.24) is 4.90 Å². The van der Waals surface area contributed by atoms with Crippen LogP contribution in [0.1, 0.15) is 16.5 Å². The van der Waals surface area contributed by atoms with Gasteiger partial charge < -0.3 is 9.47 Å². The lowest BCUT2D eigenvalue weighted by molar-refractivity contribution is -0.119. The maximum Gasteiger partial charge on any atom is 0.333 e. The summed E-state index contributed by atoms with van der Waals surface area (Å²) in [5, 5.41) is 0.250. The molecule has 6 nitrogen and oxygen atoms in total. The number of carbonyl (C=O) groups is 2. The lowest BCUT2D eigenvalue weighted by Crippen LogP contribution is -2.33. The van der Waals surface area contributed by atoms with Crippen molar-refractivity contribution in [2.45, 2.75) is 18.0 Å². The van der Waals surface area contributed by atoms with Crippen LogP contribution < -0.4 is 14.4 Å². The molecule has 2 aliphatic heterocycles. The first-order valence-corrected chi connectivity index (χ1v) is 12.5. The van der Waals surface area contributed by atoms with Crippen LogP contribution in [0.4, 0.5) is 14.9 Å². The van der Waals surface area contributed by atoms with Crippen molar-refractivity contribution in [3.05, 3.63) is 87.7 Å². The van der Waals surface area contributed by atoms with Crippen LogP contribution in [0.25, 0.3) is 0 Å². The smallest absolute Gasteiger partial charge is 0.333 e. The summed E-state index contributed by atoms with van der Waals surface area (Å²) >= 11 is 13.6. The summed E-state index contributed by atoms with van der Waals surface area (Å²) in [7, 11) is 1.56. The minimum atomic E-state index is -0.576. The van der Waals surface area contributed by atoms with E-state index in [1.165, 1.54) is 30.0 Å². The highest BCUT2D eigenvalue weighted by Crippen LogP contribution is 2.47. The molecule has 0 aliphatic carbocycles. The number of imide groups is 1. The molecule has 0 bridgehead atoms. The normalized spacial score (nSPS) is 19.3. The number of benzene rings is 3. The Morgan fingerprint density at radius 2 is 1.80 bits per heavy atom. The number of amides is 3. The van der Waals surface area contributed by atoms with Crippen LogP contribution in [0.2, 0.25) is 10.0 Å². The third-order valence-corrected chi connectivity index (χ3v) is 7.94. The van der Waals surface area contributed by atoms with Crippen LogP contribution in [0.3, 0.4) is 0 Å². The molecule has 0 spiro atoms. The van der Waals surface area contributed by atoms with Crippen molar-refractivity contribution in [3.8, 4) is 11.5 Å². The van der Waals surface area contributed by atoms with Crippen LogP contribution in [-0.4, -0.2) is 35.7 Å². The van der Waals surface area contributed by atoms with Gasteiger partial charge in [0.25, 0.3) is 5.91 Å². The topological polar surface area (TPSA) is 59.1 Å². The number of hydrogen-bond donors (Lipinski definition) is 0. The number of fused-ring (bicyclic) bond motifs is 1. The lowest BCUT2D eigenvalue weighted by atomic mass is 10.1. The van der Waals surface area contributed by atoms with Gasteiger partial charge in [-0.3, -0.25) is 9.69 Å². The summed E-state index contributed by atoms with van der Waals surface area (Å²) in [5.74, 6) is 0.977. The van der Waals surface area contributed by atoms with Crippen molar-refractivity contribution >= 4 is 52.6 Å². The Bertz CT molecular complexity index is 1310. The number of hydrogen-bond acceptors (Lipinski definition) is 5. The molecule has 3 aromatic carbocycles. The molecule has 2 atom stereocenters. The highest BCUT2D eigenvalue weighted by atomic mass is 35.5. The van der Waals surface area contributed by atoms with E-state index in [4.69, 9.17) is 32.7 Å². The van der Waals surface area contributed by atoms with Crippen molar-refractivity contribution in [2.75, 3.05) is 17.8 Å². The Morgan fingerprint density at radius 3 is 2.51 bits per heavy atom. The number of thioether (sulfide) groups is 1. The largest absolute Gasteiger partial charge is 0.496 e. The predicted octanol–water partition coefficient (Wildman–Crippen LogP) is 6.30. The SMILES string of the molecule is COc1ccc([C@H]2SC[C@H]3C(=O)N(c4ccc(Cl)c(Cl)c4)C(=O)N23)cc1COc1ccc(F)cc1. The van der Waals surface area contributed by atoms with Crippen LogP contribution in [-0.2, 0) is 11.4 Å². The third kappa shape index (κ3) is 4.42. The molecule has 0 unspecified atom stereocenters. The van der Waals surface area contributed by atoms with Gasteiger partial charge in [-0.2, -0.15) is 0 Å². The number of halogens is 3. The third-order valence-electron chi connectivity index (χ3n) is 5.88. The Morgan fingerprint density at radius 1 is 1.03 bits per heavy atom. The number of nitrogens with zero attached hydrogens (tertiary/aromatic N) is 2. The van der Waals surface area contributed by atoms with Gasteiger partial charge >= 0.3 is 6.03 Å². The molecule has 3 amide bonds. The van der Waals surface area contributed by atoms with Crippen molar-refractivity contribution in [1.29, 1.82) is 0 Å². The second-order valence-corrected chi connectivity index (χ2v) is 9.90. The first-order chi connectivity index (χ1) is 16.9. The van der Waals surface area contributed by atoms with E-state index in [1.54, 1.807) is 36.3 Å². The average molecular weight is 533 g/mol. The molecule has 0 radical (unpaired) electrons. The van der Waals surface area contributed by atoms with Gasteiger partial charge in [-0.25, -0.2) is 14.1 Å². The Labute approximate surface area is 215 Å². The summed E-state index contributed by atoms with van der Waals surface area (Å²) in [6, 6.07) is 15.0. The van der Waals surface area contributed by atoms with Gasteiger partial charge in [0.2, 0.25) is 0 Å². The molecule has 2 fully saturated rings. The van der Waals surface area contributed by atoms with Crippen LogP contribution in [0.15, 0.2) is 60.7 Å². The summed E-state index contributed by atoms with van der Waals surface area (Å²) in [4.78, 5) is 29.3. The molecule has 10 heteroatoms. The van der Waals surface area contributed by atoms with E-state index in [9.17, 15) is 14.0 Å². The molecule has 0 aromatic heterocycles. The highest BCUT2D eigenvalue weighted by Gasteiger charge is 2.53. The molecule has 0 saturated carbocycles. The molecular weight excluding hydrogens is 514 g/mol. The molecule has 0 N–H and O–H groups in total. The van der Waals surface area contributed by atoms with Gasteiger partial charge in [-0.1, -0.05) is 29.3 Å². The highest BCUT2D eigenvalue weighted by molar-refractivity contribution is 7.99. The standard InChI is InChI=1S/C25H19Cl2FN2O4S/c1-33-22-9-2-14(10-15(22)12-34-18-6-3-16(28)4-7-18)24-30-21(13-35-24)23(31)29(25(30)32)17-5-8-19(26)20(27)11-17/h2-11,21,24H,12-13H2,1H3/t21-,24+/m0/s1. The van der Waals surface area contributed by atoms with E-state index in [0.29, 0.717) is 28.0 Å². The quantitative estimate of drug-likeness (QED) is 0.348. The maximum absolute atomic E-state index is 13.4. The van der Waals surface area contributed by atoms with Gasteiger partial charge in [0, 0.05) is 11.3 Å². The molecule has 3 aromatic rings. The van der Waals surface area contributed by atoms with E-state index in [1.807, 2.05) is 18.2 Å². The average Bonchev–Trinajstić information content (AvgIpc) is 3.40. The molecule has 2 aliphatic rings. The molecule has 2 saturated heterocycles. The summed E-state index contributed by atoms with van der Waals surface area (Å²) in [6.45, 7) is 0.186. The summed E-state index contributed by atoms with van der Waals surface area (Å²) in [5.41, 5.74) is 1.99. The lowest BCUT2D eigenvalue weighted by Gasteiger charge is -2.24. The van der Waals surface area contributed by atoms with Gasteiger partial charge in [-0.05, 0) is 60.2 Å². The number of methoxy groups -OCH3 is 1. The molecular formula is C25H19Cl2FN2O4S. The van der Waals surface area contributed by atoms with Gasteiger partial charge in [-0.15, -0.1) is 11.8 Å². The van der Waals surface area contributed by atoms with Gasteiger partial charge in [0.1, 0.15) is 35.3 Å². The monoisotopic (exact) mass is 532 g/mol. The minimum absolute atomic E-state index is 0.186. The summed E-state index contributed by atoms with van der Waals surface area (Å²) in [6.07, 6.45) is 0.